The summed E-state index contributed by atoms with van der Waals surface area (Å²) in [6.07, 6.45) is 1.76. The molecule has 0 saturated carbocycles. The molecule has 0 heterocycles. The van der Waals surface area contributed by atoms with Crippen molar-refractivity contribution in [2.24, 2.45) is 4.99 Å². The van der Waals surface area contributed by atoms with Gasteiger partial charge in [-0.25, -0.2) is 0 Å². The number of nitrogens with zero attached hydrogens (tertiary/aromatic N) is 1. The second kappa shape index (κ2) is 7.91. The van der Waals surface area contributed by atoms with Crippen molar-refractivity contribution in [1.82, 2.24) is 0 Å². The van der Waals surface area contributed by atoms with E-state index in [0.717, 1.165) is 11.1 Å². The topological polar surface area (TPSA) is 30.8 Å². The van der Waals surface area contributed by atoms with Crippen molar-refractivity contribution in [3.63, 3.8) is 0 Å². The van der Waals surface area contributed by atoms with Gasteiger partial charge in [0.1, 0.15) is 0 Å². The number of ether oxygens (including phenoxy) is 2. The highest BCUT2D eigenvalue weighted by Crippen LogP contribution is 2.36. The first kappa shape index (κ1) is 17.9. The van der Waals surface area contributed by atoms with Crippen LogP contribution in [0.4, 0.5) is 0 Å². The van der Waals surface area contributed by atoms with Crippen molar-refractivity contribution in [3.05, 3.63) is 56.5 Å². The number of halogens is 3. The third-order valence-corrected chi connectivity index (χ3v) is 4.68. The summed E-state index contributed by atoms with van der Waals surface area (Å²) in [4.78, 5) is 4.52. The molecule has 0 aliphatic rings. The zero-order valence-electron chi connectivity index (χ0n) is 12.9. The van der Waals surface area contributed by atoms with Crippen LogP contribution in [0.15, 0.2) is 35.3 Å². The molecule has 0 spiro atoms. The van der Waals surface area contributed by atoms with Crippen LogP contribution in [0.2, 0.25) is 15.1 Å². The molecular weight excluding hydrogens is 357 g/mol. The van der Waals surface area contributed by atoms with Crippen LogP contribution in [0, 0.1) is 0 Å². The molecule has 1 unspecified atom stereocenters. The molecule has 6 heteroatoms. The molecule has 2 aromatic carbocycles. The third-order valence-electron chi connectivity index (χ3n) is 3.37. The Bertz CT molecular complexity index is 732. The van der Waals surface area contributed by atoms with E-state index >= 15 is 0 Å². The van der Waals surface area contributed by atoms with Gasteiger partial charge in [0.25, 0.3) is 0 Å². The Hall–Kier alpha value is -1.42. The Morgan fingerprint density at radius 3 is 2.30 bits per heavy atom. The molecule has 0 radical (unpaired) electrons. The zero-order valence-corrected chi connectivity index (χ0v) is 15.2. The number of benzene rings is 2. The zero-order chi connectivity index (χ0) is 17.0. The van der Waals surface area contributed by atoms with Gasteiger partial charge in [-0.05, 0) is 42.3 Å². The molecule has 122 valence electrons. The smallest absolute Gasteiger partial charge is 0.161 e. The first-order valence-corrected chi connectivity index (χ1v) is 8.00. The van der Waals surface area contributed by atoms with Gasteiger partial charge < -0.3 is 9.47 Å². The number of rotatable bonds is 5. The van der Waals surface area contributed by atoms with E-state index in [1.165, 1.54) is 0 Å². The van der Waals surface area contributed by atoms with Crippen molar-refractivity contribution >= 4 is 41.0 Å². The fraction of sp³-hybridized carbons (Fsp3) is 0.235. The average molecular weight is 373 g/mol. The summed E-state index contributed by atoms with van der Waals surface area (Å²) in [6.45, 7) is 1.93. The van der Waals surface area contributed by atoms with Gasteiger partial charge in [0.05, 0.1) is 35.3 Å². The largest absolute Gasteiger partial charge is 0.493 e. The van der Waals surface area contributed by atoms with E-state index in [1.54, 1.807) is 26.5 Å². The molecule has 2 rings (SSSR count). The standard InChI is InChI=1S/C17H16Cl3NO2/c1-10(12-5-6-13(18)17(20)16(12)19)21-9-11-4-7-14(22-2)15(8-11)23-3/h4-10H,1-3H3/b21-9-. The third kappa shape index (κ3) is 4.11. The van der Waals surface area contributed by atoms with Gasteiger partial charge in [-0.3, -0.25) is 4.99 Å². The predicted molar refractivity (Wildman–Crippen MR) is 97.0 cm³/mol. The van der Waals surface area contributed by atoms with Gasteiger partial charge in [-0.15, -0.1) is 0 Å². The maximum absolute atomic E-state index is 6.24. The summed E-state index contributed by atoms with van der Waals surface area (Å²) >= 11 is 18.3. The summed E-state index contributed by atoms with van der Waals surface area (Å²) in [5.74, 6) is 1.32. The molecule has 0 bridgehead atoms. The van der Waals surface area contributed by atoms with Gasteiger partial charge in [-0.2, -0.15) is 0 Å². The van der Waals surface area contributed by atoms with Crippen LogP contribution in [-0.2, 0) is 0 Å². The monoisotopic (exact) mass is 371 g/mol. The van der Waals surface area contributed by atoms with Crippen molar-refractivity contribution in [2.45, 2.75) is 13.0 Å². The van der Waals surface area contributed by atoms with E-state index in [2.05, 4.69) is 4.99 Å². The fourth-order valence-electron chi connectivity index (χ4n) is 2.07. The van der Waals surface area contributed by atoms with Gasteiger partial charge >= 0.3 is 0 Å². The number of hydrogen-bond donors (Lipinski definition) is 0. The van der Waals surface area contributed by atoms with E-state index in [9.17, 15) is 0 Å². The minimum Gasteiger partial charge on any atom is -0.493 e. The lowest BCUT2D eigenvalue weighted by Crippen LogP contribution is -1.95. The fourth-order valence-corrected chi connectivity index (χ4v) is 2.78. The SMILES string of the molecule is COc1ccc(/C=N\C(C)c2ccc(Cl)c(Cl)c2Cl)cc1OC. The van der Waals surface area contributed by atoms with E-state index in [1.807, 2.05) is 31.2 Å². The van der Waals surface area contributed by atoms with E-state index in [-0.39, 0.29) is 6.04 Å². The molecule has 0 N–H and O–H groups in total. The van der Waals surface area contributed by atoms with Crippen LogP contribution in [-0.4, -0.2) is 20.4 Å². The Balaban J connectivity index is 2.25. The highest BCUT2D eigenvalue weighted by Gasteiger charge is 2.13. The summed E-state index contributed by atoms with van der Waals surface area (Å²) in [6, 6.07) is 8.96. The molecule has 1 atom stereocenters. The van der Waals surface area contributed by atoms with Crippen molar-refractivity contribution in [1.29, 1.82) is 0 Å². The number of hydrogen-bond acceptors (Lipinski definition) is 3. The van der Waals surface area contributed by atoms with E-state index in [0.29, 0.717) is 26.6 Å². The maximum Gasteiger partial charge on any atom is 0.161 e. The summed E-state index contributed by atoms with van der Waals surface area (Å²) in [5, 5.41) is 1.20. The van der Waals surface area contributed by atoms with E-state index in [4.69, 9.17) is 44.3 Å². The molecule has 0 fully saturated rings. The molecule has 3 nitrogen and oxygen atoms in total. The molecular formula is C17H16Cl3NO2. The van der Waals surface area contributed by atoms with Crippen LogP contribution >= 0.6 is 34.8 Å². The van der Waals surface area contributed by atoms with Crippen LogP contribution in [0.3, 0.4) is 0 Å². The van der Waals surface area contributed by atoms with Crippen LogP contribution < -0.4 is 9.47 Å². The Morgan fingerprint density at radius 2 is 1.65 bits per heavy atom. The molecule has 0 aliphatic carbocycles. The minimum atomic E-state index is -0.162. The minimum absolute atomic E-state index is 0.162. The summed E-state index contributed by atoms with van der Waals surface area (Å²) < 4.78 is 10.5. The quantitative estimate of drug-likeness (QED) is 0.487. The van der Waals surface area contributed by atoms with Crippen molar-refractivity contribution < 1.29 is 9.47 Å². The second-order valence-electron chi connectivity index (χ2n) is 4.83. The Kier molecular flexibility index (Phi) is 6.17. The van der Waals surface area contributed by atoms with Crippen molar-refractivity contribution in [2.75, 3.05) is 14.2 Å². The number of methoxy groups -OCH3 is 2. The van der Waals surface area contributed by atoms with E-state index < -0.39 is 0 Å². The maximum atomic E-state index is 6.24. The highest BCUT2D eigenvalue weighted by atomic mass is 35.5. The Morgan fingerprint density at radius 1 is 0.957 bits per heavy atom. The van der Waals surface area contributed by atoms with Gasteiger partial charge in [0, 0.05) is 6.21 Å². The summed E-state index contributed by atoms with van der Waals surface area (Å²) in [5.41, 5.74) is 1.71. The van der Waals surface area contributed by atoms with Crippen LogP contribution in [0.1, 0.15) is 24.1 Å². The van der Waals surface area contributed by atoms with Gasteiger partial charge in [0.15, 0.2) is 11.5 Å². The Labute approximate surface area is 150 Å². The molecule has 0 saturated heterocycles. The molecule has 0 aromatic heterocycles. The van der Waals surface area contributed by atoms with Crippen LogP contribution in [0.5, 0.6) is 11.5 Å². The average Bonchev–Trinajstić information content (AvgIpc) is 2.57. The molecule has 0 amide bonds. The lowest BCUT2D eigenvalue weighted by Gasteiger charge is -2.11. The number of aliphatic imine (C=N–C) groups is 1. The van der Waals surface area contributed by atoms with Crippen LogP contribution in [0.25, 0.3) is 0 Å². The lowest BCUT2D eigenvalue weighted by molar-refractivity contribution is 0.355. The second-order valence-corrected chi connectivity index (χ2v) is 6.00. The van der Waals surface area contributed by atoms with Gasteiger partial charge in [0.2, 0.25) is 0 Å². The lowest BCUT2D eigenvalue weighted by atomic mass is 10.1. The van der Waals surface area contributed by atoms with Gasteiger partial charge in [-0.1, -0.05) is 40.9 Å². The predicted octanol–water partition coefficient (Wildman–Crippen LogP) is 5.84. The summed E-state index contributed by atoms with van der Waals surface area (Å²) in [7, 11) is 3.19. The molecule has 2 aromatic rings. The first-order chi connectivity index (χ1) is 11.0. The molecule has 0 aliphatic heterocycles. The normalized spacial score (nSPS) is 12.4. The van der Waals surface area contributed by atoms with Crippen molar-refractivity contribution in [3.8, 4) is 11.5 Å². The highest BCUT2D eigenvalue weighted by molar-refractivity contribution is 6.48. The first-order valence-electron chi connectivity index (χ1n) is 6.86. The molecule has 23 heavy (non-hydrogen) atoms.